The van der Waals surface area contributed by atoms with Gasteiger partial charge >= 0.3 is 5.97 Å². The summed E-state index contributed by atoms with van der Waals surface area (Å²) in [6.07, 6.45) is 10.4. The molecule has 0 saturated carbocycles. The molecule has 0 bridgehead atoms. The van der Waals surface area contributed by atoms with E-state index in [-0.39, 0.29) is 37.6 Å². The molecular formula is C43H61N7O9. The average molecular weight is 820 g/mol. The maximum absolute atomic E-state index is 13.2. The predicted octanol–water partition coefficient (Wildman–Crippen LogP) is 2.09. The molecule has 10 N–H and O–H groups in total. The summed E-state index contributed by atoms with van der Waals surface area (Å²) in [5, 5.41) is 21.7. The van der Waals surface area contributed by atoms with E-state index in [0.717, 1.165) is 56.6 Å². The molecule has 59 heavy (non-hydrogen) atoms. The standard InChI is InChI=1S/C43H61N7O9/c1-3-29(2)37(43(59)48-32(39(44)55)27-30-19-13-11-14-20-30)49-34(51)23-17-9-7-5-4-6-8-10-18-26-46-42(58)38(40(45)56)50-41(57)33(28-31-21-15-12-16-22-31)47-35(52)24-25-36(53)54/h11-16,19-22,24-25,29,32-33,37-38H,3-10,17-18,23,26-28H2,1-2H3,(H2,44,55)(H2,45,56)(H,46,58)(H,47,52)(H,48,59)(H,49,51)(H,50,57)(H,53,54)/b25-24+/t29?,32-,33+,37-,38-/m0/s1. The lowest BCUT2D eigenvalue weighted by molar-refractivity contribution is -0.136. The van der Waals surface area contributed by atoms with Crippen LogP contribution >= 0.6 is 0 Å². The van der Waals surface area contributed by atoms with E-state index in [0.29, 0.717) is 30.9 Å². The van der Waals surface area contributed by atoms with Gasteiger partial charge in [0.25, 0.3) is 5.91 Å². The molecule has 1 unspecified atom stereocenters. The summed E-state index contributed by atoms with van der Waals surface area (Å²) < 4.78 is 0. The fourth-order valence-electron chi connectivity index (χ4n) is 6.18. The highest BCUT2D eigenvalue weighted by molar-refractivity contribution is 6.07. The second-order valence-corrected chi connectivity index (χ2v) is 14.6. The number of hydrogen-bond donors (Lipinski definition) is 8. The Hall–Kier alpha value is -6.06. The molecule has 5 atom stereocenters. The first-order valence-electron chi connectivity index (χ1n) is 20.3. The molecule has 2 rings (SSSR count). The largest absolute Gasteiger partial charge is 0.478 e. The predicted molar refractivity (Wildman–Crippen MR) is 222 cm³/mol. The van der Waals surface area contributed by atoms with Crippen LogP contribution in [0.25, 0.3) is 0 Å². The number of amides is 7. The van der Waals surface area contributed by atoms with Crippen molar-refractivity contribution < 1.29 is 43.5 Å². The number of nitrogens with two attached hydrogens (primary N) is 2. The minimum atomic E-state index is -1.69. The van der Waals surface area contributed by atoms with Crippen LogP contribution in [0.15, 0.2) is 72.8 Å². The Morgan fingerprint density at radius 3 is 1.64 bits per heavy atom. The number of carboxylic acid groups (broad SMARTS) is 1. The van der Waals surface area contributed by atoms with Crippen molar-refractivity contribution in [2.24, 2.45) is 17.4 Å². The Morgan fingerprint density at radius 1 is 0.610 bits per heavy atom. The van der Waals surface area contributed by atoms with Gasteiger partial charge in [-0.2, -0.15) is 0 Å². The van der Waals surface area contributed by atoms with Crippen molar-refractivity contribution >= 4 is 47.3 Å². The molecule has 0 aromatic heterocycles. The Kier molecular flexibility index (Phi) is 22.9. The molecule has 0 spiro atoms. The Labute approximate surface area is 346 Å². The number of carbonyl (C=O) groups is 8. The van der Waals surface area contributed by atoms with Crippen LogP contribution in [0.2, 0.25) is 0 Å². The number of hydrogen-bond acceptors (Lipinski definition) is 8. The van der Waals surface area contributed by atoms with E-state index in [4.69, 9.17) is 16.6 Å². The molecule has 0 heterocycles. The van der Waals surface area contributed by atoms with Crippen LogP contribution in [0.5, 0.6) is 0 Å². The van der Waals surface area contributed by atoms with Gasteiger partial charge in [0, 0.05) is 38.0 Å². The molecule has 322 valence electrons. The summed E-state index contributed by atoms with van der Waals surface area (Å²) in [6.45, 7) is 4.06. The van der Waals surface area contributed by atoms with Gasteiger partial charge < -0.3 is 43.2 Å². The molecule has 0 fully saturated rings. The minimum Gasteiger partial charge on any atom is -0.478 e. The molecule has 0 radical (unpaired) electrons. The third kappa shape index (κ3) is 20.3. The van der Waals surface area contributed by atoms with Gasteiger partial charge in [-0.05, 0) is 29.9 Å². The van der Waals surface area contributed by atoms with Crippen molar-refractivity contribution in [3.63, 3.8) is 0 Å². The van der Waals surface area contributed by atoms with Crippen molar-refractivity contribution in [2.75, 3.05) is 6.54 Å². The van der Waals surface area contributed by atoms with Gasteiger partial charge in [0.1, 0.15) is 18.1 Å². The van der Waals surface area contributed by atoms with Crippen molar-refractivity contribution in [1.82, 2.24) is 26.6 Å². The van der Waals surface area contributed by atoms with Crippen LogP contribution in [-0.2, 0) is 51.2 Å². The number of nitrogens with one attached hydrogen (secondary N) is 5. The number of primary amides is 2. The van der Waals surface area contributed by atoms with E-state index in [9.17, 15) is 38.4 Å². The quantitative estimate of drug-likeness (QED) is 0.0339. The van der Waals surface area contributed by atoms with Crippen LogP contribution in [0.1, 0.15) is 95.6 Å². The van der Waals surface area contributed by atoms with E-state index >= 15 is 0 Å². The van der Waals surface area contributed by atoms with E-state index in [1.165, 1.54) is 0 Å². The van der Waals surface area contributed by atoms with Gasteiger partial charge in [-0.25, -0.2) is 4.79 Å². The molecule has 0 saturated heterocycles. The summed E-state index contributed by atoms with van der Waals surface area (Å²) in [5.74, 6) is -6.37. The monoisotopic (exact) mass is 819 g/mol. The normalized spacial score (nSPS) is 13.5. The Bertz CT molecular complexity index is 1710. The lowest BCUT2D eigenvalue weighted by Gasteiger charge is -2.26. The topological polar surface area (TPSA) is 269 Å². The molecule has 16 heteroatoms. The first-order valence-corrected chi connectivity index (χ1v) is 20.3. The third-order valence-corrected chi connectivity index (χ3v) is 9.76. The van der Waals surface area contributed by atoms with Gasteiger partial charge in [-0.1, -0.05) is 126 Å². The fourth-order valence-corrected chi connectivity index (χ4v) is 6.18. The molecule has 0 aliphatic carbocycles. The maximum atomic E-state index is 13.2. The van der Waals surface area contributed by atoms with E-state index in [1.54, 1.807) is 30.3 Å². The average Bonchev–Trinajstić information content (AvgIpc) is 3.21. The zero-order valence-corrected chi connectivity index (χ0v) is 34.1. The molecule has 2 aromatic carbocycles. The number of aliphatic carboxylic acids is 1. The number of benzene rings is 2. The van der Waals surface area contributed by atoms with Crippen LogP contribution in [0.3, 0.4) is 0 Å². The summed E-state index contributed by atoms with van der Waals surface area (Å²) in [6, 6.07) is 13.3. The summed E-state index contributed by atoms with van der Waals surface area (Å²) in [5.41, 5.74) is 12.5. The third-order valence-electron chi connectivity index (χ3n) is 9.76. The van der Waals surface area contributed by atoms with Crippen LogP contribution in [0.4, 0.5) is 0 Å². The van der Waals surface area contributed by atoms with E-state index in [2.05, 4.69) is 26.6 Å². The van der Waals surface area contributed by atoms with Crippen molar-refractivity contribution in [1.29, 1.82) is 0 Å². The fraction of sp³-hybridized carbons (Fsp3) is 0.488. The number of carboxylic acids is 1. The van der Waals surface area contributed by atoms with Crippen LogP contribution in [-0.4, -0.2) is 83.1 Å². The first kappa shape index (κ1) is 49.1. The van der Waals surface area contributed by atoms with Crippen LogP contribution < -0.4 is 38.1 Å². The van der Waals surface area contributed by atoms with Crippen molar-refractivity contribution in [3.8, 4) is 0 Å². The zero-order chi connectivity index (χ0) is 43.6. The molecule has 0 aliphatic rings. The molecule has 16 nitrogen and oxygen atoms in total. The Balaban J connectivity index is 1.67. The lowest BCUT2D eigenvalue weighted by atomic mass is 9.97. The highest BCUT2D eigenvalue weighted by Gasteiger charge is 2.31. The Morgan fingerprint density at radius 2 is 1.14 bits per heavy atom. The summed E-state index contributed by atoms with van der Waals surface area (Å²) in [4.78, 5) is 99.2. The number of carbonyl (C=O) groups excluding carboxylic acids is 7. The van der Waals surface area contributed by atoms with Crippen molar-refractivity contribution in [3.05, 3.63) is 83.9 Å². The highest BCUT2D eigenvalue weighted by Crippen LogP contribution is 2.13. The molecule has 7 amide bonds. The van der Waals surface area contributed by atoms with Gasteiger partial charge in [0.2, 0.25) is 35.4 Å². The first-order chi connectivity index (χ1) is 28.2. The summed E-state index contributed by atoms with van der Waals surface area (Å²) >= 11 is 0. The maximum Gasteiger partial charge on any atom is 0.328 e. The second-order valence-electron chi connectivity index (χ2n) is 14.6. The molecule has 2 aromatic rings. The number of unbranched alkanes of at least 4 members (excludes halogenated alkanes) is 8. The van der Waals surface area contributed by atoms with Gasteiger partial charge in [-0.3, -0.25) is 33.6 Å². The SMILES string of the molecule is CCC(C)[C@H](NC(=O)CCCCCCCCCCCNC(=O)[C@@H](NC(=O)[C@@H](Cc1ccccc1)NC(=O)/C=C/C(=O)O)C(N)=O)C(=O)N[C@@H](Cc1ccccc1)C(N)=O. The summed E-state index contributed by atoms with van der Waals surface area (Å²) in [7, 11) is 0. The van der Waals surface area contributed by atoms with Gasteiger partial charge in [0.15, 0.2) is 6.04 Å². The molecular weight excluding hydrogens is 759 g/mol. The van der Waals surface area contributed by atoms with E-state index < -0.39 is 65.6 Å². The van der Waals surface area contributed by atoms with Crippen molar-refractivity contribution in [2.45, 2.75) is 121 Å². The second kappa shape index (κ2) is 27.6. The molecule has 0 aliphatic heterocycles. The number of rotatable bonds is 29. The zero-order valence-electron chi connectivity index (χ0n) is 34.1. The van der Waals surface area contributed by atoms with E-state index in [1.807, 2.05) is 44.2 Å². The smallest absolute Gasteiger partial charge is 0.328 e. The minimum absolute atomic E-state index is 0.00231. The van der Waals surface area contributed by atoms with Gasteiger partial charge in [-0.15, -0.1) is 0 Å². The highest BCUT2D eigenvalue weighted by atomic mass is 16.4. The van der Waals surface area contributed by atoms with Gasteiger partial charge in [0.05, 0.1) is 0 Å². The van der Waals surface area contributed by atoms with Crippen LogP contribution in [0, 0.1) is 5.92 Å². The lowest BCUT2D eigenvalue weighted by Crippen LogP contribution is -2.58.